The van der Waals surface area contributed by atoms with Gasteiger partial charge in [0.25, 0.3) is 0 Å². The molecule has 0 aromatic carbocycles. The molecule has 0 fully saturated rings. The van der Waals surface area contributed by atoms with Crippen molar-refractivity contribution in [3.63, 3.8) is 0 Å². The van der Waals surface area contributed by atoms with Crippen molar-refractivity contribution >= 4 is 59.6 Å². The predicted molar refractivity (Wildman–Crippen MR) is 205 cm³/mol. The fourth-order valence-electron chi connectivity index (χ4n) is 5.29. The number of amides is 2. The zero-order valence-corrected chi connectivity index (χ0v) is 39.0. The molecule has 0 heterocycles. The van der Waals surface area contributed by atoms with Crippen LogP contribution >= 0.6 is 0 Å². The van der Waals surface area contributed by atoms with Gasteiger partial charge >= 0.3 is 117 Å². The van der Waals surface area contributed by atoms with Gasteiger partial charge in [-0.2, -0.15) is 0 Å². The van der Waals surface area contributed by atoms with Crippen LogP contribution in [0.3, 0.4) is 0 Å². The number of hydrogen-bond acceptors (Lipinski definition) is 19. The Bertz CT molecular complexity index is 1440. The summed E-state index contributed by atoms with van der Waals surface area (Å²) in [5, 5.41) is 76.1. The van der Waals surface area contributed by atoms with Crippen LogP contribution < -0.4 is 56.6 Å². The Morgan fingerprint density at radius 1 is 0.317 bits per heavy atom. The second-order valence-electron chi connectivity index (χ2n) is 13.2. The molecule has 0 aliphatic heterocycles. The summed E-state index contributed by atoms with van der Waals surface area (Å²) in [7, 11) is 0. The smallest absolute Gasteiger partial charge is 0.480 e. The van der Waals surface area contributed by atoms with Crippen molar-refractivity contribution in [2.24, 2.45) is 0 Å². The molecule has 13 N–H and O–H groups in total. The molecule has 0 saturated carbocycles. The minimum Gasteiger partial charge on any atom is -0.480 e. The van der Waals surface area contributed by atoms with Gasteiger partial charge < -0.3 is 46.2 Å². The maximum absolute atomic E-state index is 12.5. The Labute approximate surface area is 415 Å². The Balaban J connectivity index is -0.0000180. The molecule has 63 heavy (non-hydrogen) atoms. The van der Waals surface area contributed by atoms with Crippen LogP contribution in [0.1, 0.15) is 0 Å². The molecule has 0 bridgehead atoms. The molecule has 0 rings (SSSR count). The molecular formula is C32H57GdN11NaO18+4. The van der Waals surface area contributed by atoms with Crippen molar-refractivity contribution in [1.82, 2.24) is 56.4 Å². The van der Waals surface area contributed by atoms with Crippen LogP contribution in [0.25, 0.3) is 0 Å². The third kappa shape index (κ3) is 40.0. The molecule has 0 unspecified atom stereocenters. The van der Waals surface area contributed by atoms with Crippen LogP contribution in [0.4, 0.5) is 0 Å². The van der Waals surface area contributed by atoms with Gasteiger partial charge in [0.1, 0.15) is 0 Å². The van der Waals surface area contributed by atoms with Crippen molar-refractivity contribution in [1.29, 1.82) is 0 Å². The van der Waals surface area contributed by atoms with E-state index in [0.717, 1.165) is 9.80 Å². The number of hydrogen-bond donors (Lipinski definition) is 13. The average molecular weight is 1060 g/mol. The van der Waals surface area contributed by atoms with Gasteiger partial charge in [0.05, 0.1) is 65.4 Å². The zero-order valence-electron chi connectivity index (χ0n) is 34.8. The fourth-order valence-corrected chi connectivity index (χ4v) is 5.29. The molecule has 0 aromatic rings. The Morgan fingerprint density at radius 2 is 0.556 bits per heavy atom. The molecule has 0 spiro atoms. The summed E-state index contributed by atoms with van der Waals surface area (Å²) in [6, 6.07) is 0. The van der Waals surface area contributed by atoms with E-state index in [4.69, 9.17) is 20.4 Å². The maximum atomic E-state index is 12.5. The summed E-state index contributed by atoms with van der Waals surface area (Å²) in [5.74, 6) is -11.2. The van der Waals surface area contributed by atoms with E-state index < -0.39 is 118 Å². The molecule has 0 aromatic heterocycles. The van der Waals surface area contributed by atoms with Gasteiger partial charge in [0.15, 0.2) is 0 Å². The number of carbonyl (C=O) groups is 10. The van der Waals surface area contributed by atoms with E-state index in [0.29, 0.717) is 0 Å². The van der Waals surface area contributed by atoms with Gasteiger partial charge in [0.2, 0.25) is 11.8 Å². The Hall–Kier alpha value is -3.34. The molecule has 0 aliphatic rings. The van der Waals surface area contributed by atoms with Gasteiger partial charge in [-0.1, -0.05) is 0 Å². The first kappa shape index (κ1) is 64.0. The summed E-state index contributed by atoms with van der Waals surface area (Å²) >= 11 is 0. The van der Waals surface area contributed by atoms with Crippen molar-refractivity contribution in [2.75, 3.05) is 144 Å². The number of nitrogens with zero attached hydrogens (tertiary/aromatic N) is 6. The molecule has 0 saturated heterocycles. The number of nitrogens with one attached hydrogen (secondary N) is 5. The van der Waals surface area contributed by atoms with Crippen LogP contribution in [-0.2, 0) is 47.9 Å². The molecular weight excluding hydrogens is 1010 g/mol. The zero-order chi connectivity index (χ0) is 46.3. The first-order valence-corrected chi connectivity index (χ1v) is 18.5. The van der Waals surface area contributed by atoms with Crippen molar-refractivity contribution < 1.29 is 158 Å². The van der Waals surface area contributed by atoms with Gasteiger partial charge in [-0.3, -0.25) is 88.2 Å². The molecule has 353 valence electrons. The molecule has 2 amide bonds. The topological polar surface area (TPSA) is 412 Å². The first-order chi connectivity index (χ1) is 28.6. The summed E-state index contributed by atoms with van der Waals surface area (Å²) in [6.45, 7) is -4.81. The van der Waals surface area contributed by atoms with Gasteiger partial charge in [-0.15, -0.1) is 0 Å². The normalized spacial score (nSPS) is 11.0. The number of hydrazine groups is 2. The quantitative estimate of drug-likeness (QED) is 0.0154. The minimum absolute atomic E-state index is 0. The Morgan fingerprint density at radius 3 is 0.857 bits per heavy atom. The SMILES string of the molecule is O=C(O)CN(CCNCC(=O)NNCCNNC(=O)CN(CCN(CCN(CC(=O)O)CC(=O)O)CC(=O)O)CC(=O)O)CCN(CCN(CC(=O)O)CC(=O)O)CC(=O)O.[Gd+3].[Na+]. The standard InChI is InChI=1S/C32H57N11O18.Gd.Na/c44-23(13-33-3-4-38(15-25(46)47)5-6-39(16-26(48)49)8-11-42(19-29(54)55)20-30(56)57)36-34-1-2-35-37-24(45)14-41(18-28(52)53)10-7-40(17-27(50)51)9-12-43(21-31(58)59)22-32(60)61;;/h33-35H,1-22H2,(H,36,44)(H,37,45)(H,46,47)(H,48,49)(H,50,51)(H,52,53)(H,54,55)(H,56,57)(H,58,59)(H,60,61);;/q;+3;+1. The Kier molecular flexibility index (Phi) is 38.6. The summed E-state index contributed by atoms with van der Waals surface area (Å²) in [5.41, 5.74) is 9.93. The third-order valence-corrected chi connectivity index (χ3v) is 7.89. The van der Waals surface area contributed by atoms with Crippen molar-refractivity contribution in [2.45, 2.75) is 0 Å². The minimum atomic E-state index is -1.29. The number of carboxylic acid groups (broad SMARTS) is 8. The van der Waals surface area contributed by atoms with Crippen LogP contribution in [0, 0.1) is 39.9 Å². The number of carboxylic acids is 8. The molecule has 1 radical (unpaired) electrons. The summed E-state index contributed by atoms with van der Waals surface area (Å²) in [6.07, 6.45) is 0. The van der Waals surface area contributed by atoms with E-state index in [1.165, 1.54) is 19.6 Å². The van der Waals surface area contributed by atoms with Crippen molar-refractivity contribution in [3.8, 4) is 0 Å². The van der Waals surface area contributed by atoms with E-state index in [1.54, 1.807) is 0 Å². The molecule has 31 heteroatoms. The molecule has 0 atom stereocenters. The van der Waals surface area contributed by atoms with Crippen LogP contribution in [0.2, 0.25) is 0 Å². The van der Waals surface area contributed by atoms with Gasteiger partial charge in [-0.25, -0.2) is 10.9 Å². The average Bonchev–Trinajstić information content (AvgIpc) is 3.11. The van der Waals surface area contributed by atoms with Crippen molar-refractivity contribution in [3.05, 3.63) is 0 Å². The number of rotatable bonds is 40. The monoisotopic (exact) mass is 1060 g/mol. The van der Waals surface area contributed by atoms with E-state index in [1.807, 2.05) is 0 Å². The van der Waals surface area contributed by atoms with Crippen LogP contribution in [0.5, 0.6) is 0 Å². The van der Waals surface area contributed by atoms with E-state index in [-0.39, 0.29) is 155 Å². The van der Waals surface area contributed by atoms with E-state index in [9.17, 15) is 68.4 Å². The first-order valence-electron chi connectivity index (χ1n) is 18.5. The van der Waals surface area contributed by atoms with E-state index >= 15 is 0 Å². The second kappa shape index (κ2) is 38.0. The summed E-state index contributed by atoms with van der Waals surface area (Å²) in [4.78, 5) is 122. The molecule has 0 aliphatic carbocycles. The maximum Gasteiger partial charge on any atom is 3.00 e. The third-order valence-electron chi connectivity index (χ3n) is 7.89. The summed E-state index contributed by atoms with van der Waals surface area (Å²) < 4.78 is 0. The predicted octanol–water partition coefficient (Wildman–Crippen LogP) is -10.7. The number of aliphatic carboxylic acids is 8. The van der Waals surface area contributed by atoms with Crippen LogP contribution in [0.15, 0.2) is 0 Å². The molecule has 29 nitrogen and oxygen atoms in total. The van der Waals surface area contributed by atoms with Gasteiger partial charge in [-0.05, 0) is 0 Å². The largest absolute Gasteiger partial charge is 3.00 e. The van der Waals surface area contributed by atoms with Crippen LogP contribution in [-0.4, -0.2) is 274 Å². The fraction of sp³-hybridized carbons (Fsp3) is 0.688. The van der Waals surface area contributed by atoms with E-state index in [2.05, 4.69) is 27.0 Å². The second-order valence-corrected chi connectivity index (χ2v) is 13.2. The number of carbonyl (C=O) groups excluding carboxylic acids is 2. The van der Waals surface area contributed by atoms with Gasteiger partial charge in [0, 0.05) is 78.5 Å².